The third-order valence-corrected chi connectivity index (χ3v) is 3.18. The Kier molecular flexibility index (Phi) is 4.16. The molecule has 1 aliphatic rings. The van der Waals surface area contributed by atoms with Crippen LogP contribution in [0.3, 0.4) is 0 Å². The molecule has 0 saturated carbocycles. The summed E-state index contributed by atoms with van der Waals surface area (Å²) in [5, 5.41) is 9.11. The van der Waals surface area contributed by atoms with Gasteiger partial charge in [-0.1, -0.05) is 12.1 Å². The number of carboxylic acids is 1. The lowest BCUT2D eigenvalue weighted by molar-refractivity contribution is 0.0692. The van der Waals surface area contributed by atoms with Crippen molar-refractivity contribution in [1.29, 1.82) is 0 Å². The number of ether oxygens (including phenoxy) is 1. The molecule has 0 atom stereocenters. The Labute approximate surface area is 111 Å². The molecule has 0 bridgehead atoms. The van der Waals surface area contributed by atoms with E-state index in [1.165, 1.54) is 17.7 Å². The maximum atomic E-state index is 13.6. The summed E-state index contributed by atoms with van der Waals surface area (Å²) in [6, 6.07) is 4.34. The van der Waals surface area contributed by atoms with Crippen molar-refractivity contribution >= 4 is 11.7 Å². The molecule has 0 aromatic heterocycles. The molecular formula is C14H16FNO3. The van der Waals surface area contributed by atoms with Gasteiger partial charge in [0.25, 0.3) is 0 Å². The first-order chi connectivity index (χ1) is 9.13. The minimum absolute atomic E-state index is 0.258. The van der Waals surface area contributed by atoms with Crippen molar-refractivity contribution in [2.45, 2.75) is 6.42 Å². The van der Waals surface area contributed by atoms with Gasteiger partial charge in [-0.15, -0.1) is 0 Å². The van der Waals surface area contributed by atoms with E-state index in [9.17, 15) is 9.18 Å². The lowest BCUT2D eigenvalue weighted by atomic mass is 10.1. The van der Waals surface area contributed by atoms with E-state index in [-0.39, 0.29) is 5.56 Å². The van der Waals surface area contributed by atoms with Crippen molar-refractivity contribution in [2.24, 2.45) is 0 Å². The number of hydrogen-bond acceptors (Lipinski definition) is 3. The molecule has 1 aromatic rings. The first-order valence-corrected chi connectivity index (χ1v) is 6.07. The fourth-order valence-electron chi connectivity index (χ4n) is 2.23. The fraction of sp³-hybridized carbons (Fsp3) is 0.357. The van der Waals surface area contributed by atoms with Crippen LogP contribution in [0.25, 0.3) is 0 Å². The third-order valence-electron chi connectivity index (χ3n) is 3.18. The minimum atomic E-state index is -1.24. The highest BCUT2D eigenvalue weighted by Crippen LogP contribution is 2.26. The van der Waals surface area contributed by atoms with Crippen LogP contribution >= 0.6 is 0 Å². The molecule has 2 rings (SSSR count). The van der Waals surface area contributed by atoms with Crippen LogP contribution in [0, 0.1) is 5.82 Å². The highest BCUT2D eigenvalue weighted by atomic mass is 19.1. The smallest absolute Gasteiger partial charge is 0.340 e. The number of halogens is 1. The fourth-order valence-corrected chi connectivity index (χ4v) is 2.23. The van der Waals surface area contributed by atoms with Gasteiger partial charge in [0.1, 0.15) is 11.4 Å². The molecule has 5 heteroatoms. The Balaban J connectivity index is 2.25. The Hall–Kier alpha value is -1.88. The largest absolute Gasteiger partial charge is 0.478 e. The second-order valence-electron chi connectivity index (χ2n) is 4.43. The van der Waals surface area contributed by atoms with Crippen molar-refractivity contribution in [3.8, 4) is 0 Å². The molecule has 1 heterocycles. The van der Waals surface area contributed by atoms with Gasteiger partial charge in [0, 0.05) is 20.2 Å². The van der Waals surface area contributed by atoms with Gasteiger partial charge in [0.2, 0.25) is 0 Å². The van der Waals surface area contributed by atoms with Crippen LogP contribution in [0.15, 0.2) is 29.8 Å². The van der Waals surface area contributed by atoms with Crippen molar-refractivity contribution in [1.82, 2.24) is 0 Å². The maximum Gasteiger partial charge on any atom is 0.340 e. The summed E-state index contributed by atoms with van der Waals surface area (Å²) in [6.45, 7) is 1.82. The van der Waals surface area contributed by atoms with Crippen LogP contribution in [-0.2, 0) is 4.74 Å². The zero-order chi connectivity index (χ0) is 13.8. The van der Waals surface area contributed by atoms with Crippen molar-refractivity contribution in [3.63, 3.8) is 0 Å². The molecule has 0 saturated heterocycles. The average Bonchev–Trinajstić information content (AvgIpc) is 2.39. The van der Waals surface area contributed by atoms with E-state index in [1.807, 2.05) is 11.0 Å². The summed E-state index contributed by atoms with van der Waals surface area (Å²) in [7, 11) is 1.64. The summed E-state index contributed by atoms with van der Waals surface area (Å²) >= 11 is 0. The van der Waals surface area contributed by atoms with Crippen LogP contribution < -0.4 is 4.90 Å². The van der Waals surface area contributed by atoms with Gasteiger partial charge in [0.15, 0.2) is 0 Å². The summed E-state index contributed by atoms with van der Waals surface area (Å²) in [5.74, 6) is -1.93. The van der Waals surface area contributed by atoms with Crippen LogP contribution in [0.2, 0.25) is 0 Å². The first-order valence-electron chi connectivity index (χ1n) is 6.07. The molecule has 1 aromatic carbocycles. The Bertz CT molecular complexity index is 513. The number of methoxy groups -OCH3 is 1. The molecule has 19 heavy (non-hydrogen) atoms. The summed E-state index contributed by atoms with van der Waals surface area (Å²) < 4.78 is 18.7. The van der Waals surface area contributed by atoms with E-state index in [0.717, 1.165) is 6.42 Å². The predicted octanol–water partition coefficient (Wildman–Crippen LogP) is 2.31. The lowest BCUT2D eigenvalue weighted by Crippen LogP contribution is -2.31. The highest BCUT2D eigenvalue weighted by molar-refractivity contribution is 5.94. The molecule has 0 amide bonds. The minimum Gasteiger partial charge on any atom is -0.478 e. The maximum absolute atomic E-state index is 13.6. The molecule has 0 spiro atoms. The zero-order valence-electron chi connectivity index (χ0n) is 10.7. The van der Waals surface area contributed by atoms with E-state index in [0.29, 0.717) is 25.4 Å². The number of aromatic carboxylic acids is 1. The monoisotopic (exact) mass is 265 g/mol. The van der Waals surface area contributed by atoms with Crippen LogP contribution in [0.4, 0.5) is 10.1 Å². The topological polar surface area (TPSA) is 49.8 Å². The predicted molar refractivity (Wildman–Crippen MR) is 70.1 cm³/mol. The number of carbonyl (C=O) groups is 1. The van der Waals surface area contributed by atoms with Crippen LogP contribution in [0.1, 0.15) is 16.8 Å². The summed E-state index contributed by atoms with van der Waals surface area (Å²) in [4.78, 5) is 13.0. The SMILES string of the molecule is COCC1=CCN(c2cccc(F)c2C(=O)O)CC1. The van der Waals surface area contributed by atoms with Crippen molar-refractivity contribution in [2.75, 3.05) is 31.7 Å². The van der Waals surface area contributed by atoms with Crippen molar-refractivity contribution < 1.29 is 19.0 Å². The first kappa shape index (κ1) is 13.5. The quantitative estimate of drug-likeness (QED) is 0.849. The van der Waals surface area contributed by atoms with Gasteiger partial charge in [-0.25, -0.2) is 9.18 Å². The second kappa shape index (κ2) is 5.84. The Morgan fingerprint density at radius 2 is 2.32 bits per heavy atom. The molecule has 1 N–H and O–H groups in total. The average molecular weight is 265 g/mol. The lowest BCUT2D eigenvalue weighted by Gasteiger charge is -2.29. The standard InChI is InChI=1S/C14H16FNO3/c1-19-9-10-5-7-16(8-6-10)12-4-2-3-11(15)13(12)14(17)18/h2-5H,6-9H2,1H3,(H,17,18). The summed E-state index contributed by atoms with van der Waals surface area (Å²) in [6.07, 6.45) is 2.80. The van der Waals surface area contributed by atoms with Gasteiger partial charge < -0.3 is 14.7 Å². The van der Waals surface area contributed by atoms with Crippen LogP contribution in [-0.4, -0.2) is 37.9 Å². The molecule has 102 valence electrons. The van der Waals surface area contributed by atoms with Gasteiger partial charge in [-0.3, -0.25) is 0 Å². The van der Waals surface area contributed by atoms with E-state index >= 15 is 0 Å². The number of anilines is 1. The number of carboxylic acid groups (broad SMARTS) is 1. The molecular weight excluding hydrogens is 249 g/mol. The van der Waals surface area contributed by atoms with E-state index < -0.39 is 11.8 Å². The molecule has 4 nitrogen and oxygen atoms in total. The Morgan fingerprint density at radius 3 is 2.89 bits per heavy atom. The highest BCUT2D eigenvalue weighted by Gasteiger charge is 2.21. The molecule has 0 aliphatic carbocycles. The van der Waals surface area contributed by atoms with Crippen molar-refractivity contribution in [3.05, 3.63) is 41.2 Å². The second-order valence-corrected chi connectivity index (χ2v) is 4.43. The summed E-state index contributed by atoms with van der Waals surface area (Å²) in [5.41, 5.74) is 1.36. The number of benzene rings is 1. The van der Waals surface area contributed by atoms with E-state index in [2.05, 4.69) is 0 Å². The molecule has 0 radical (unpaired) electrons. The molecule has 0 unspecified atom stereocenters. The van der Waals surface area contributed by atoms with Gasteiger partial charge >= 0.3 is 5.97 Å². The Morgan fingerprint density at radius 1 is 1.53 bits per heavy atom. The van der Waals surface area contributed by atoms with Crippen LogP contribution in [0.5, 0.6) is 0 Å². The number of hydrogen-bond donors (Lipinski definition) is 1. The van der Waals surface area contributed by atoms with E-state index in [1.54, 1.807) is 13.2 Å². The van der Waals surface area contributed by atoms with Gasteiger partial charge in [-0.05, 0) is 24.1 Å². The number of rotatable bonds is 4. The zero-order valence-corrected chi connectivity index (χ0v) is 10.7. The molecule has 1 aliphatic heterocycles. The number of nitrogens with zero attached hydrogens (tertiary/aromatic N) is 1. The normalized spacial score (nSPS) is 15.3. The van der Waals surface area contributed by atoms with Gasteiger partial charge in [0.05, 0.1) is 12.3 Å². The third kappa shape index (κ3) is 2.93. The van der Waals surface area contributed by atoms with E-state index in [4.69, 9.17) is 9.84 Å². The molecule has 0 fully saturated rings. The van der Waals surface area contributed by atoms with Gasteiger partial charge in [-0.2, -0.15) is 0 Å².